The maximum atomic E-state index is 11.5. The summed E-state index contributed by atoms with van der Waals surface area (Å²) in [6.07, 6.45) is 6.67. The van der Waals surface area contributed by atoms with Crippen LogP contribution in [0.15, 0.2) is 0 Å². The number of nitrogens with one attached hydrogen (secondary N) is 1. The summed E-state index contributed by atoms with van der Waals surface area (Å²) in [6, 6.07) is 0. The van der Waals surface area contributed by atoms with Gasteiger partial charge in [-0.2, -0.15) is 0 Å². The van der Waals surface area contributed by atoms with Crippen molar-refractivity contribution < 1.29 is 14.3 Å². The first kappa shape index (κ1) is 20.1. The third-order valence-electron chi connectivity index (χ3n) is 3.35. The van der Waals surface area contributed by atoms with Gasteiger partial charge >= 0.3 is 0 Å². The van der Waals surface area contributed by atoms with E-state index in [1.54, 1.807) is 0 Å². The molecule has 0 atom stereocenters. The number of carbonyl (C=O) groups is 2. The Bertz CT molecular complexity index is 288. The number of hydrogen-bond acceptors (Lipinski definition) is 3. The zero-order valence-corrected chi connectivity index (χ0v) is 14.2. The average molecular weight is 299 g/mol. The van der Waals surface area contributed by atoms with E-state index in [2.05, 4.69) is 5.32 Å². The number of hydrogen-bond donors (Lipinski definition) is 1. The minimum atomic E-state index is 0.109. The molecular formula is C17H33NO3. The van der Waals surface area contributed by atoms with Gasteiger partial charge in [-0.1, -0.05) is 33.1 Å². The standard InChI is InChI=1S/C17H33NO3/c1-14(2)16(19)10-8-6-5-7-9-11-17(20)18-12-13-21-15(3)4/h14-15H,5-13H2,1-4H3,(H,18,20). The smallest absolute Gasteiger partial charge is 0.220 e. The average Bonchev–Trinajstić information content (AvgIpc) is 2.41. The van der Waals surface area contributed by atoms with Gasteiger partial charge in [-0.25, -0.2) is 0 Å². The van der Waals surface area contributed by atoms with Crippen LogP contribution in [0.5, 0.6) is 0 Å². The van der Waals surface area contributed by atoms with E-state index in [0.717, 1.165) is 32.1 Å². The van der Waals surface area contributed by atoms with Crippen molar-refractivity contribution in [2.75, 3.05) is 13.2 Å². The topological polar surface area (TPSA) is 55.4 Å². The minimum absolute atomic E-state index is 0.109. The zero-order chi connectivity index (χ0) is 16.1. The lowest BCUT2D eigenvalue weighted by Gasteiger charge is -2.08. The number of ketones is 1. The third kappa shape index (κ3) is 13.8. The van der Waals surface area contributed by atoms with Crippen LogP contribution < -0.4 is 5.32 Å². The highest BCUT2D eigenvalue weighted by Gasteiger charge is 2.06. The Morgan fingerprint density at radius 2 is 1.48 bits per heavy atom. The van der Waals surface area contributed by atoms with E-state index in [9.17, 15) is 9.59 Å². The van der Waals surface area contributed by atoms with Gasteiger partial charge in [0, 0.05) is 25.3 Å². The fourth-order valence-electron chi connectivity index (χ4n) is 1.98. The molecule has 0 aliphatic carbocycles. The van der Waals surface area contributed by atoms with Crippen LogP contribution in [0.25, 0.3) is 0 Å². The monoisotopic (exact) mass is 299 g/mol. The molecule has 0 bridgehead atoms. The molecule has 0 rings (SSSR count). The molecule has 1 amide bonds. The summed E-state index contributed by atoms with van der Waals surface area (Å²) in [5, 5.41) is 2.86. The maximum Gasteiger partial charge on any atom is 0.220 e. The van der Waals surface area contributed by atoms with E-state index in [1.807, 2.05) is 27.7 Å². The molecule has 124 valence electrons. The summed E-state index contributed by atoms with van der Waals surface area (Å²) in [4.78, 5) is 23.0. The molecule has 0 saturated heterocycles. The van der Waals surface area contributed by atoms with E-state index in [-0.39, 0.29) is 17.9 Å². The molecular weight excluding hydrogens is 266 g/mol. The van der Waals surface area contributed by atoms with Crippen LogP contribution in [0.4, 0.5) is 0 Å². The van der Waals surface area contributed by atoms with Crippen LogP contribution >= 0.6 is 0 Å². The largest absolute Gasteiger partial charge is 0.377 e. The SMILES string of the molecule is CC(C)OCCNC(=O)CCCCCCCC(=O)C(C)C. The van der Waals surface area contributed by atoms with Crippen LogP contribution in [-0.2, 0) is 14.3 Å². The summed E-state index contributed by atoms with van der Waals surface area (Å²) >= 11 is 0. The number of rotatable bonds is 13. The van der Waals surface area contributed by atoms with Crippen molar-refractivity contribution in [3.05, 3.63) is 0 Å². The predicted octanol–water partition coefficient (Wildman–Crippen LogP) is 3.48. The normalized spacial score (nSPS) is 11.1. The van der Waals surface area contributed by atoms with E-state index in [1.165, 1.54) is 0 Å². The second-order valence-corrected chi connectivity index (χ2v) is 6.16. The van der Waals surface area contributed by atoms with Gasteiger partial charge in [-0.05, 0) is 26.7 Å². The summed E-state index contributed by atoms with van der Waals surface area (Å²) in [5.41, 5.74) is 0. The van der Waals surface area contributed by atoms with Crippen molar-refractivity contribution in [2.24, 2.45) is 5.92 Å². The predicted molar refractivity (Wildman–Crippen MR) is 86.3 cm³/mol. The minimum Gasteiger partial charge on any atom is -0.377 e. The molecule has 0 fully saturated rings. The first-order valence-electron chi connectivity index (χ1n) is 8.34. The molecule has 0 aromatic carbocycles. The van der Waals surface area contributed by atoms with Crippen molar-refractivity contribution in [1.82, 2.24) is 5.32 Å². The van der Waals surface area contributed by atoms with Gasteiger partial charge in [0.25, 0.3) is 0 Å². The molecule has 0 spiro atoms. The molecule has 4 nitrogen and oxygen atoms in total. The van der Waals surface area contributed by atoms with E-state index >= 15 is 0 Å². The molecule has 0 aliphatic rings. The van der Waals surface area contributed by atoms with Crippen LogP contribution in [-0.4, -0.2) is 30.9 Å². The first-order valence-corrected chi connectivity index (χ1v) is 8.34. The van der Waals surface area contributed by atoms with Crippen molar-refractivity contribution in [2.45, 2.75) is 78.7 Å². The second-order valence-electron chi connectivity index (χ2n) is 6.16. The van der Waals surface area contributed by atoms with E-state index in [4.69, 9.17) is 4.74 Å². The molecule has 0 aromatic rings. The molecule has 0 unspecified atom stereocenters. The Balaban J connectivity index is 3.31. The van der Waals surface area contributed by atoms with Gasteiger partial charge in [-0.15, -0.1) is 0 Å². The molecule has 21 heavy (non-hydrogen) atoms. The summed E-state index contributed by atoms with van der Waals surface area (Å²) in [5.74, 6) is 0.628. The highest BCUT2D eigenvalue weighted by atomic mass is 16.5. The van der Waals surface area contributed by atoms with Crippen molar-refractivity contribution in [3.8, 4) is 0 Å². The van der Waals surface area contributed by atoms with Crippen molar-refractivity contribution in [1.29, 1.82) is 0 Å². The van der Waals surface area contributed by atoms with Crippen LogP contribution in [0.3, 0.4) is 0 Å². The lowest BCUT2D eigenvalue weighted by molar-refractivity contribution is -0.122. The third-order valence-corrected chi connectivity index (χ3v) is 3.35. The van der Waals surface area contributed by atoms with Gasteiger partial charge < -0.3 is 10.1 Å². The van der Waals surface area contributed by atoms with Crippen LogP contribution in [0.2, 0.25) is 0 Å². The number of unbranched alkanes of at least 4 members (excludes halogenated alkanes) is 4. The molecule has 0 radical (unpaired) electrons. The Labute approximate surface area is 130 Å². The first-order chi connectivity index (χ1) is 9.93. The lowest BCUT2D eigenvalue weighted by Crippen LogP contribution is -2.27. The molecule has 0 aromatic heterocycles. The van der Waals surface area contributed by atoms with Gasteiger partial charge in [-0.3, -0.25) is 9.59 Å². The second kappa shape index (κ2) is 12.8. The van der Waals surface area contributed by atoms with Gasteiger partial charge in [0.2, 0.25) is 5.91 Å². The molecule has 1 N–H and O–H groups in total. The van der Waals surface area contributed by atoms with Crippen LogP contribution in [0.1, 0.15) is 72.6 Å². The van der Waals surface area contributed by atoms with Gasteiger partial charge in [0.15, 0.2) is 0 Å². The van der Waals surface area contributed by atoms with Crippen molar-refractivity contribution in [3.63, 3.8) is 0 Å². The van der Waals surface area contributed by atoms with Gasteiger partial charge in [0.1, 0.15) is 5.78 Å². The number of amides is 1. The number of carbonyl (C=O) groups excluding carboxylic acids is 2. The summed E-state index contributed by atoms with van der Waals surface area (Å²) < 4.78 is 5.36. The molecule has 0 heterocycles. The highest BCUT2D eigenvalue weighted by Crippen LogP contribution is 2.09. The Hall–Kier alpha value is -0.900. The lowest BCUT2D eigenvalue weighted by atomic mass is 10.0. The Morgan fingerprint density at radius 1 is 0.905 bits per heavy atom. The quantitative estimate of drug-likeness (QED) is 0.530. The number of ether oxygens (including phenoxy) is 1. The van der Waals surface area contributed by atoms with Crippen molar-refractivity contribution >= 4 is 11.7 Å². The van der Waals surface area contributed by atoms with Gasteiger partial charge in [0.05, 0.1) is 12.7 Å². The Kier molecular flexibility index (Phi) is 12.3. The number of Topliss-reactive ketones (excluding diaryl/α,β-unsaturated/α-hetero) is 1. The molecule has 4 heteroatoms. The summed E-state index contributed by atoms with van der Waals surface area (Å²) in [6.45, 7) is 9.04. The fraction of sp³-hybridized carbons (Fsp3) is 0.882. The Morgan fingerprint density at radius 3 is 2.05 bits per heavy atom. The zero-order valence-electron chi connectivity index (χ0n) is 14.2. The van der Waals surface area contributed by atoms with Crippen LogP contribution in [0, 0.1) is 5.92 Å². The van der Waals surface area contributed by atoms with E-state index < -0.39 is 0 Å². The highest BCUT2D eigenvalue weighted by molar-refractivity contribution is 5.80. The summed E-state index contributed by atoms with van der Waals surface area (Å²) in [7, 11) is 0. The molecule has 0 saturated carbocycles. The van der Waals surface area contributed by atoms with E-state index in [0.29, 0.717) is 31.8 Å². The maximum absolute atomic E-state index is 11.5. The fourth-order valence-corrected chi connectivity index (χ4v) is 1.98. The molecule has 0 aliphatic heterocycles.